The van der Waals surface area contributed by atoms with Gasteiger partial charge < -0.3 is 4.74 Å². The molecule has 0 aliphatic carbocycles. The fourth-order valence-corrected chi connectivity index (χ4v) is 2.69. The largest absolute Gasteiger partial charge is 0.464 e. The van der Waals surface area contributed by atoms with Crippen LogP contribution in [-0.4, -0.2) is 36.2 Å². The average molecular weight is 347 g/mol. The minimum absolute atomic E-state index is 0.184. The van der Waals surface area contributed by atoms with Gasteiger partial charge in [0.05, 0.1) is 17.6 Å². The van der Waals surface area contributed by atoms with Gasteiger partial charge in [-0.05, 0) is 30.9 Å². The molecule has 2 atom stereocenters. The number of Topliss-reactive ketones (excluding diaryl/α,β-unsaturated/α-hetero) is 2. The summed E-state index contributed by atoms with van der Waals surface area (Å²) in [6, 6.07) is 8.45. The molecule has 0 radical (unpaired) electrons. The van der Waals surface area contributed by atoms with Gasteiger partial charge in [-0.2, -0.15) is 17.0 Å². The quantitative estimate of drug-likeness (QED) is 0.388. The van der Waals surface area contributed by atoms with Crippen molar-refractivity contribution in [3.8, 4) is 6.07 Å². The Labute approximate surface area is 146 Å². The summed E-state index contributed by atoms with van der Waals surface area (Å²) in [7, 11) is 0. The summed E-state index contributed by atoms with van der Waals surface area (Å²) in [5.41, 5.74) is 0.863. The number of esters is 1. The lowest BCUT2D eigenvalue weighted by Crippen LogP contribution is -2.35. The molecule has 1 aromatic rings. The second-order valence-corrected chi connectivity index (χ2v) is 6.27. The van der Waals surface area contributed by atoms with Gasteiger partial charge in [-0.25, -0.2) is 0 Å². The highest BCUT2D eigenvalue weighted by molar-refractivity contribution is 7.98. The van der Waals surface area contributed by atoms with Crippen LogP contribution in [0.15, 0.2) is 24.3 Å². The molecule has 1 rings (SSSR count). The second kappa shape index (κ2) is 9.89. The fraction of sp³-hybridized carbons (Fsp3) is 0.444. The number of nitriles is 1. The molecule has 0 aliphatic rings. The van der Waals surface area contributed by atoms with Crippen molar-refractivity contribution in [2.24, 2.45) is 5.92 Å². The summed E-state index contributed by atoms with van der Waals surface area (Å²) < 4.78 is 5.16. The number of rotatable bonds is 9. The molecule has 0 aromatic heterocycles. The van der Waals surface area contributed by atoms with Crippen LogP contribution in [0.2, 0.25) is 0 Å². The Balaban J connectivity index is 3.23. The van der Waals surface area contributed by atoms with Crippen molar-refractivity contribution in [1.29, 1.82) is 5.26 Å². The van der Waals surface area contributed by atoms with Crippen LogP contribution in [-0.2, 0) is 19.1 Å². The zero-order valence-corrected chi connectivity index (χ0v) is 14.9. The van der Waals surface area contributed by atoms with E-state index in [9.17, 15) is 14.4 Å². The second-order valence-electron chi connectivity index (χ2n) is 5.28. The van der Waals surface area contributed by atoms with E-state index in [1.54, 1.807) is 31.2 Å². The van der Waals surface area contributed by atoms with E-state index in [2.05, 4.69) is 0 Å². The summed E-state index contributed by atoms with van der Waals surface area (Å²) >= 11 is 1.52. The number of ether oxygens (including phenoxy) is 1. The number of ketones is 2. The monoisotopic (exact) mass is 347 g/mol. The number of hydrogen-bond donors (Lipinski definition) is 0. The van der Waals surface area contributed by atoms with E-state index in [0.29, 0.717) is 16.9 Å². The van der Waals surface area contributed by atoms with E-state index in [-0.39, 0.29) is 18.8 Å². The maximum atomic E-state index is 12.4. The first-order chi connectivity index (χ1) is 11.5. The molecule has 0 amide bonds. The van der Waals surface area contributed by atoms with Crippen molar-refractivity contribution in [1.82, 2.24) is 0 Å². The van der Waals surface area contributed by atoms with E-state index < -0.39 is 23.6 Å². The van der Waals surface area contributed by atoms with Gasteiger partial charge in [-0.1, -0.05) is 19.1 Å². The Morgan fingerprint density at radius 3 is 2.58 bits per heavy atom. The first-order valence-corrected chi connectivity index (χ1v) is 9.04. The van der Waals surface area contributed by atoms with Crippen molar-refractivity contribution in [2.75, 3.05) is 18.6 Å². The Morgan fingerprint density at radius 1 is 1.33 bits per heavy atom. The lowest BCUT2D eigenvalue weighted by atomic mass is 9.79. The van der Waals surface area contributed by atoms with Crippen LogP contribution in [0, 0.1) is 17.2 Å². The van der Waals surface area contributed by atoms with Gasteiger partial charge in [0, 0.05) is 12.2 Å². The Morgan fingerprint density at radius 2 is 2.04 bits per heavy atom. The lowest BCUT2D eigenvalue weighted by molar-refractivity contribution is -0.153. The summed E-state index contributed by atoms with van der Waals surface area (Å²) in [6.45, 7) is 3.15. The Bertz CT molecular complexity index is 651. The number of thioether (sulfide) groups is 1. The SMILES string of the molecule is CCC(=O)C(c1cccc(C#N)c1)C(C(C)=O)C(=O)OCCSC. The molecule has 0 heterocycles. The first-order valence-electron chi connectivity index (χ1n) is 7.65. The number of benzene rings is 1. The van der Waals surface area contributed by atoms with Crippen molar-refractivity contribution in [2.45, 2.75) is 26.2 Å². The summed E-state index contributed by atoms with van der Waals surface area (Å²) in [4.78, 5) is 36.9. The molecular formula is C18H21NO4S. The van der Waals surface area contributed by atoms with Crippen LogP contribution in [0.1, 0.15) is 37.3 Å². The molecular weight excluding hydrogens is 326 g/mol. The van der Waals surface area contributed by atoms with Gasteiger partial charge in [0.2, 0.25) is 0 Å². The number of carbonyl (C=O) groups is 3. The predicted octanol–water partition coefficient (Wildman–Crippen LogP) is 2.73. The molecule has 0 saturated heterocycles. The zero-order valence-electron chi connectivity index (χ0n) is 14.1. The molecule has 5 nitrogen and oxygen atoms in total. The molecule has 0 N–H and O–H groups in total. The number of carbonyl (C=O) groups excluding carboxylic acids is 3. The van der Waals surface area contributed by atoms with E-state index in [4.69, 9.17) is 10.00 Å². The summed E-state index contributed by atoms with van der Waals surface area (Å²) in [5, 5.41) is 9.04. The average Bonchev–Trinajstić information content (AvgIpc) is 2.58. The fourth-order valence-electron chi connectivity index (χ4n) is 2.44. The van der Waals surface area contributed by atoms with Crippen molar-refractivity contribution in [3.63, 3.8) is 0 Å². The van der Waals surface area contributed by atoms with Gasteiger partial charge in [0.1, 0.15) is 24.1 Å². The van der Waals surface area contributed by atoms with Gasteiger partial charge in [-0.3, -0.25) is 14.4 Å². The third-order valence-electron chi connectivity index (χ3n) is 3.63. The van der Waals surface area contributed by atoms with E-state index in [1.165, 1.54) is 18.7 Å². The highest BCUT2D eigenvalue weighted by Crippen LogP contribution is 2.29. The lowest BCUT2D eigenvalue weighted by Gasteiger charge is -2.23. The normalized spacial score (nSPS) is 12.8. The molecule has 24 heavy (non-hydrogen) atoms. The summed E-state index contributed by atoms with van der Waals surface area (Å²) in [5.74, 6) is -2.83. The Kier molecular flexibility index (Phi) is 8.20. The standard InChI is InChI=1S/C18H21NO4S/c1-4-15(21)17(14-7-5-6-13(10-14)11-19)16(12(2)20)18(22)23-8-9-24-3/h5-7,10,16-17H,4,8-9H2,1-3H3. The van der Waals surface area contributed by atoms with Crippen LogP contribution >= 0.6 is 11.8 Å². The third kappa shape index (κ3) is 5.20. The first kappa shape index (κ1) is 19.9. The molecule has 0 fully saturated rings. The summed E-state index contributed by atoms with van der Waals surface area (Å²) in [6.07, 6.45) is 2.07. The van der Waals surface area contributed by atoms with Crippen LogP contribution in [0.5, 0.6) is 0 Å². The molecule has 2 unspecified atom stereocenters. The molecule has 1 aromatic carbocycles. The minimum atomic E-state index is -1.19. The number of hydrogen-bond acceptors (Lipinski definition) is 6. The van der Waals surface area contributed by atoms with Gasteiger partial charge in [-0.15, -0.1) is 0 Å². The third-order valence-corrected chi connectivity index (χ3v) is 4.20. The predicted molar refractivity (Wildman–Crippen MR) is 92.7 cm³/mol. The van der Waals surface area contributed by atoms with Crippen LogP contribution < -0.4 is 0 Å². The van der Waals surface area contributed by atoms with Crippen LogP contribution in [0.3, 0.4) is 0 Å². The molecule has 0 aliphatic heterocycles. The van der Waals surface area contributed by atoms with Crippen molar-refractivity contribution >= 4 is 29.3 Å². The van der Waals surface area contributed by atoms with E-state index in [0.717, 1.165) is 0 Å². The highest BCUT2D eigenvalue weighted by Gasteiger charge is 2.38. The van der Waals surface area contributed by atoms with Gasteiger partial charge >= 0.3 is 5.97 Å². The molecule has 128 valence electrons. The van der Waals surface area contributed by atoms with Crippen LogP contribution in [0.4, 0.5) is 0 Å². The molecule has 0 spiro atoms. The minimum Gasteiger partial charge on any atom is -0.464 e. The maximum Gasteiger partial charge on any atom is 0.317 e. The molecule has 0 saturated carbocycles. The van der Waals surface area contributed by atoms with Gasteiger partial charge in [0.25, 0.3) is 0 Å². The highest BCUT2D eigenvalue weighted by atomic mass is 32.2. The van der Waals surface area contributed by atoms with Gasteiger partial charge in [0.15, 0.2) is 0 Å². The van der Waals surface area contributed by atoms with Crippen molar-refractivity contribution in [3.05, 3.63) is 35.4 Å². The van der Waals surface area contributed by atoms with E-state index in [1.807, 2.05) is 12.3 Å². The van der Waals surface area contributed by atoms with Crippen molar-refractivity contribution < 1.29 is 19.1 Å². The Hall–Kier alpha value is -2.13. The maximum absolute atomic E-state index is 12.4. The zero-order chi connectivity index (χ0) is 18.1. The van der Waals surface area contributed by atoms with E-state index >= 15 is 0 Å². The molecule has 0 bridgehead atoms. The smallest absolute Gasteiger partial charge is 0.317 e. The topological polar surface area (TPSA) is 84.2 Å². The molecule has 6 heteroatoms. The number of nitrogens with zero attached hydrogens (tertiary/aromatic N) is 1. The van der Waals surface area contributed by atoms with Crippen LogP contribution in [0.25, 0.3) is 0 Å².